The van der Waals surface area contributed by atoms with Gasteiger partial charge in [-0.25, -0.2) is 0 Å². The summed E-state index contributed by atoms with van der Waals surface area (Å²) in [6.45, 7) is 0. The van der Waals surface area contributed by atoms with Crippen molar-refractivity contribution < 1.29 is 19.1 Å². The lowest BCUT2D eigenvalue weighted by Crippen LogP contribution is -2.29. The predicted octanol–water partition coefficient (Wildman–Crippen LogP) is 4.56. The van der Waals surface area contributed by atoms with Gasteiger partial charge in [-0.1, -0.05) is 41.9 Å². The lowest BCUT2D eigenvalue weighted by atomic mass is 9.99. The number of carbonyl (C=O) groups excluding carboxylic acids is 2. The second kappa shape index (κ2) is 6.78. The van der Waals surface area contributed by atoms with Crippen LogP contribution in [-0.4, -0.2) is 16.8 Å². The van der Waals surface area contributed by atoms with Gasteiger partial charge in [0.05, 0.1) is 11.8 Å². The van der Waals surface area contributed by atoms with E-state index >= 15 is 0 Å². The molecule has 1 N–H and O–H groups in total. The minimum atomic E-state index is -0.874. The van der Waals surface area contributed by atoms with E-state index in [4.69, 9.17) is 16.0 Å². The van der Waals surface area contributed by atoms with Crippen LogP contribution in [0.2, 0.25) is 5.02 Å². The summed E-state index contributed by atoms with van der Waals surface area (Å²) in [7, 11) is 0. The zero-order valence-electron chi connectivity index (χ0n) is 14.0. The summed E-state index contributed by atoms with van der Waals surface area (Å²) in [4.78, 5) is 26.9. The molecule has 0 bridgehead atoms. The number of nitrogens with zero attached hydrogens (tertiary/aromatic N) is 1. The van der Waals surface area contributed by atoms with E-state index in [1.54, 1.807) is 54.6 Å². The molecule has 0 aliphatic carbocycles. The topological polar surface area (TPSA) is 70.8 Å². The molecule has 6 heteroatoms. The highest BCUT2D eigenvalue weighted by atomic mass is 35.5. The number of hydrogen-bond donors (Lipinski definition) is 1. The maximum Gasteiger partial charge on any atom is 0.300 e. The monoisotopic (exact) mass is 379 g/mol. The summed E-state index contributed by atoms with van der Waals surface area (Å²) >= 11 is 6.01. The Bertz CT molecular complexity index is 1040. The predicted molar refractivity (Wildman–Crippen MR) is 101 cm³/mol. The summed E-state index contributed by atoms with van der Waals surface area (Å²) in [5.41, 5.74) is 0.845. The molecule has 1 aromatic heterocycles. The number of amides is 1. The van der Waals surface area contributed by atoms with E-state index in [1.165, 1.54) is 17.2 Å². The van der Waals surface area contributed by atoms with Gasteiger partial charge in [-0.15, -0.1) is 0 Å². The van der Waals surface area contributed by atoms with Gasteiger partial charge in [0.2, 0.25) is 0 Å². The molecule has 3 aromatic rings. The van der Waals surface area contributed by atoms with Crippen molar-refractivity contribution >= 4 is 34.7 Å². The number of para-hydroxylation sites is 1. The number of anilines is 1. The number of halogens is 1. The van der Waals surface area contributed by atoms with Gasteiger partial charge in [0, 0.05) is 16.3 Å². The van der Waals surface area contributed by atoms with E-state index in [2.05, 4.69) is 0 Å². The Kier molecular flexibility index (Phi) is 4.30. The van der Waals surface area contributed by atoms with Gasteiger partial charge in [-0.3, -0.25) is 14.5 Å². The Morgan fingerprint density at radius 2 is 1.78 bits per heavy atom. The second-order valence-corrected chi connectivity index (χ2v) is 6.47. The first-order chi connectivity index (χ1) is 13.1. The Balaban J connectivity index is 1.94. The van der Waals surface area contributed by atoms with Crippen LogP contribution in [-0.2, 0) is 9.59 Å². The Morgan fingerprint density at radius 3 is 2.44 bits per heavy atom. The number of ketones is 1. The molecule has 1 atom stereocenters. The van der Waals surface area contributed by atoms with Crippen LogP contribution in [0.1, 0.15) is 17.4 Å². The van der Waals surface area contributed by atoms with Gasteiger partial charge < -0.3 is 9.52 Å². The lowest BCUT2D eigenvalue weighted by molar-refractivity contribution is -0.132. The number of aliphatic hydroxyl groups excluding tert-OH is 1. The lowest BCUT2D eigenvalue weighted by Gasteiger charge is -2.23. The van der Waals surface area contributed by atoms with E-state index in [1.807, 2.05) is 6.07 Å². The van der Waals surface area contributed by atoms with Crippen LogP contribution in [0.25, 0.3) is 5.76 Å². The minimum absolute atomic E-state index is 0.0407. The molecule has 0 radical (unpaired) electrons. The van der Waals surface area contributed by atoms with Gasteiger partial charge in [0.15, 0.2) is 0 Å². The molecule has 0 spiro atoms. The maximum absolute atomic E-state index is 12.8. The van der Waals surface area contributed by atoms with Gasteiger partial charge in [-0.2, -0.15) is 0 Å². The van der Waals surface area contributed by atoms with Crippen molar-refractivity contribution in [2.75, 3.05) is 4.90 Å². The molecule has 1 aliphatic heterocycles. The van der Waals surface area contributed by atoms with Crippen molar-refractivity contribution in [3.63, 3.8) is 0 Å². The number of furan rings is 1. The van der Waals surface area contributed by atoms with Crippen LogP contribution >= 0.6 is 11.6 Å². The van der Waals surface area contributed by atoms with Gasteiger partial charge in [0.25, 0.3) is 11.7 Å². The number of aliphatic hydroxyl groups is 1. The number of rotatable bonds is 3. The van der Waals surface area contributed by atoms with Crippen molar-refractivity contribution in [3.8, 4) is 0 Å². The normalized spacial score (nSPS) is 18.9. The van der Waals surface area contributed by atoms with Crippen molar-refractivity contribution in [1.82, 2.24) is 0 Å². The standard InChI is InChI=1S/C21H14ClNO4/c22-14-7-4-6-13(12-14)19(24)17-18(16-10-5-11-27-16)23(21(26)20(17)25)15-8-2-1-3-9-15/h1-12,18,24H/b19-17-. The Labute approximate surface area is 160 Å². The fourth-order valence-corrected chi connectivity index (χ4v) is 3.39. The van der Waals surface area contributed by atoms with Crippen molar-refractivity contribution in [3.05, 3.63) is 94.9 Å². The average molecular weight is 380 g/mol. The van der Waals surface area contributed by atoms with Crippen LogP contribution in [0.15, 0.2) is 83.0 Å². The molecule has 27 heavy (non-hydrogen) atoms. The first-order valence-corrected chi connectivity index (χ1v) is 8.61. The van der Waals surface area contributed by atoms with E-state index in [0.717, 1.165) is 0 Å². The molecule has 1 saturated heterocycles. The summed E-state index contributed by atoms with van der Waals surface area (Å²) < 4.78 is 5.49. The zero-order chi connectivity index (χ0) is 19.0. The smallest absolute Gasteiger partial charge is 0.300 e. The highest BCUT2D eigenvalue weighted by Crippen LogP contribution is 2.42. The summed E-state index contributed by atoms with van der Waals surface area (Å²) in [5, 5.41) is 11.3. The highest BCUT2D eigenvalue weighted by Gasteiger charge is 2.48. The van der Waals surface area contributed by atoms with E-state index in [-0.39, 0.29) is 11.3 Å². The first-order valence-electron chi connectivity index (χ1n) is 8.23. The first kappa shape index (κ1) is 17.1. The molecular formula is C21H14ClNO4. The van der Waals surface area contributed by atoms with Crippen molar-refractivity contribution in [1.29, 1.82) is 0 Å². The molecular weight excluding hydrogens is 366 g/mol. The molecule has 4 rings (SSSR count). The van der Waals surface area contributed by atoms with Gasteiger partial charge in [-0.05, 0) is 36.4 Å². The fraction of sp³-hybridized carbons (Fsp3) is 0.0476. The number of Topliss-reactive ketones (excluding diaryl/α,β-unsaturated/α-hetero) is 1. The molecule has 1 amide bonds. The largest absolute Gasteiger partial charge is 0.507 e. The average Bonchev–Trinajstić information content (AvgIpc) is 3.29. The van der Waals surface area contributed by atoms with E-state index < -0.39 is 17.7 Å². The Morgan fingerprint density at radius 1 is 1.00 bits per heavy atom. The summed E-state index contributed by atoms with van der Waals surface area (Å²) in [6.07, 6.45) is 1.46. The maximum atomic E-state index is 12.8. The highest BCUT2D eigenvalue weighted by molar-refractivity contribution is 6.51. The van der Waals surface area contributed by atoms with Crippen LogP contribution in [0.5, 0.6) is 0 Å². The van der Waals surface area contributed by atoms with Crippen LogP contribution in [0.3, 0.4) is 0 Å². The minimum Gasteiger partial charge on any atom is -0.507 e. The van der Waals surface area contributed by atoms with Crippen LogP contribution in [0, 0.1) is 0 Å². The van der Waals surface area contributed by atoms with Crippen molar-refractivity contribution in [2.24, 2.45) is 0 Å². The third kappa shape index (κ3) is 2.92. The van der Waals surface area contributed by atoms with E-state index in [9.17, 15) is 14.7 Å². The van der Waals surface area contributed by atoms with Gasteiger partial charge >= 0.3 is 0 Å². The molecule has 5 nitrogen and oxygen atoms in total. The zero-order valence-corrected chi connectivity index (χ0v) is 14.8. The third-order valence-corrected chi connectivity index (χ3v) is 4.62. The number of hydrogen-bond acceptors (Lipinski definition) is 4. The molecule has 2 heterocycles. The number of benzene rings is 2. The molecule has 1 aliphatic rings. The fourth-order valence-electron chi connectivity index (χ4n) is 3.19. The number of carbonyl (C=O) groups is 2. The Hall–Kier alpha value is -3.31. The second-order valence-electron chi connectivity index (χ2n) is 6.03. The van der Waals surface area contributed by atoms with Crippen molar-refractivity contribution in [2.45, 2.75) is 6.04 Å². The SMILES string of the molecule is O=C1C(=O)N(c2ccccc2)C(c2ccco2)/C1=C(/O)c1cccc(Cl)c1. The van der Waals surface area contributed by atoms with Gasteiger partial charge in [0.1, 0.15) is 17.6 Å². The molecule has 2 aromatic carbocycles. The third-order valence-electron chi connectivity index (χ3n) is 4.39. The summed E-state index contributed by atoms with van der Waals surface area (Å²) in [5.74, 6) is -1.43. The molecule has 134 valence electrons. The van der Waals surface area contributed by atoms with Crippen LogP contribution in [0.4, 0.5) is 5.69 Å². The van der Waals surface area contributed by atoms with Crippen LogP contribution < -0.4 is 4.90 Å². The molecule has 1 fully saturated rings. The molecule has 0 saturated carbocycles. The molecule has 1 unspecified atom stereocenters. The van der Waals surface area contributed by atoms with E-state index in [0.29, 0.717) is 22.0 Å². The summed E-state index contributed by atoms with van der Waals surface area (Å²) in [6, 6.07) is 17.7. The quantitative estimate of drug-likeness (QED) is 0.411.